The minimum Gasteiger partial charge on any atom is -0.396 e. The minimum absolute atomic E-state index is 0.163. The van der Waals surface area contributed by atoms with E-state index in [0.29, 0.717) is 32.0 Å². The molecule has 0 saturated carbocycles. The van der Waals surface area contributed by atoms with Crippen LogP contribution in [0.25, 0.3) is 0 Å². The summed E-state index contributed by atoms with van der Waals surface area (Å²) in [6.45, 7) is 5.63. The summed E-state index contributed by atoms with van der Waals surface area (Å²) in [6.07, 6.45) is 3.95. The molecular weight excluding hydrogens is 218 g/mol. The van der Waals surface area contributed by atoms with Gasteiger partial charge in [0.05, 0.1) is 6.61 Å². The van der Waals surface area contributed by atoms with Gasteiger partial charge in [0.15, 0.2) is 0 Å². The van der Waals surface area contributed by atoms with Crippen molar-refractivity contribution in [1.82, 2.24) is 4.90 Å². The normalized spacial score (nSPS) is 10.9. The molecule has 0 rings (SSSR count). The molecule has 0 aliphatic heterocycles. The molecule has 0 aromatic rings. The van der Waals surface area contributed by atoms with Crippen LogP contribution in [0.5, 0.6) is 0 Å². The van der Waals surface area contributed by atoms with E-state index in [4.69, 9.17) is 9.84 Å². The van der Waals surface area contributed by atoms with Gasteiger partial charge in [0.1, 0.15) is 0 Å². The van der Waals surface area contributed by atoms with E-state index < -0.39 is 0 Å². The highest BCUT2D eigenvalue weighted by atomic mass is 16.5. The maximum absolute atomic E-state index is 12.1. The molecule has 102 valence electrons. The Morgan fingerprint density at radius 1 is 1.29 bits per heavy atom. The van der Waals surface area contributed by atoms with Crippen molar-refractivity contribution in [2.24, 2.45) is 0 Å². The van der Waals surface area contributed by atoms with Crippen molar-refractivity contribution >= 4 is 5.91 Å². The summed E-state index contributed by atoms with van der Waals surface area (Å²) in [5.41, 5.74) is 0. The van der Waals surface area contributed by atoms with Gasteiger partial charge >= 0.3 is 0 Å². The molecule has 0 unspecified atom stereocenters. The summed E-state index contributed by atoms with van der Waals surface area (Å²) in [4.78, 5) is 14.0. The van der Waals surface area contributed by atoms with Gasteiger partial charge in [-0.2, -0.15) is 0 Å². The number of carbonyl (C=O) groups is 1. The maximum atomic E-state index is 12.1. The van der Waals surface area contributed by atoms with Gasteiger partial charge in [0.25, 0.3) is 0 Å². The van der Waals surface area contributed by atoms with Gasteiger partial charge in [-0.25, -0.2) is 0 Å². The highest BCUT2D eigenvalue weighted by Crippen LogP contribution is 2.11. The number of hydrogen-bond donors (Lipinski definition) is 1. The first-order chi connectivity index (χ1) is 8.21. The molecule has 1 amide bonds. The first-order valence-corrected chi connectivity index (χ1v) is 6.60. The quantitative estimate of drug-likeness (QED) is 0.597. The summed E-state index contributed by atoms with van der Waals surface area (Å²) in [5.74, 6) is 0.184. The summed E-state index contributed by atoms with van der Waals surface area (Å²) in [6, 6.07) is 0.312. The molecule has 0 aromatic heterocycles. The van der Waals surface area contributed by atoms with Crippen LogP contribution in [-0.4, -0.2) is 48.8 Å². The fourth-order valence-corrected chi connectivity index (χ4v) is 1.96. The first-order valence-electron chi connectivity index (χ1n) is 6.60. The number of hydrogen-bond acceptors (Lipinski definition) is 3. The van der Waals surface area contributed by atoms with Crippen molar-refractivity contribution in [3.8, 4) is 0 Å². The number of unbranched alkanes of at least 4 members (excludes halogenated alkanes) is 1. The Morgan fingerprint density at radius 3 is 2.41 bits per heavy atom. The molecule has 1 N–H and O–H groups in total. The molecule has 4 nitrogen and oxygen atoms in total. The highest BCUT2D eigenvalue weighted by Gasteiger charge is 2.19. The summed E-state index contributed by atoms with van der Waals surface area (Å²) < 4.78 is 5.05. The molecule has 0 atom stereocenters. The second-order valence-electron chi connectivity index (χ2n) is 4.23. The molecule has 0 bridgehead atoms. The van der Waals surface area contributed by atoms with Crippen molar-refractivity contribution < 1.29 is 14.6 Å². The summed E-state index contributed by atoms with van der Waals surface area (Å²) in [5, 5.41) is 8.72. The van der Waals surface area contributed by atoms with Crippen molar-refractivity contribution in [3.63, 3.8) is 0 Å². The number of carbonyl (C=O) groups excluding carboxylic acids is 1. The van der Waals surface area contributed by atoms with Gasteiger partial charge < -0.3 is 14.7 Å². The topological polar surface area (TPSA) is 49.8 Å². The van der Waals surface area contributed by atoms with Crippen molar-refractivity contribution in [2.75, 3.05) is 26.9 Å². The predicted octanol–water partition coefficient (Wildman–Crippen LogP) is 1.81. The molecular formula is C13H27NO3. The number of rotatable bonds is 10. The van der Waals surface area contributed by atoms with Crippen molar-refractivity contribution in [3.05, 3.63) is 0 Å². The number of ether oxygens (including phenoxy) is 1. The lowest BCUT2D eigenvalue weighted by atomic mass is 10.1. The molecule has 0 spiro atoms. The molecule has 0 aliphatic rings. The zero-order valence-electron chi connectivity index (χ0n) is 11.4. The smallest absolute Gasteiger partial charge is 0.222 e. The number of nitrogens with zero attached hydrogens (tertiary/aromatic N) is 1. The number of aliphatic hydroxyl groups is 1. The fourth-order valence-electron chi connectivity index (χ4n) is 1.96. The van der Waals surface area contributed by atoms with E-state index in [1.165, 1.54) is 0 Å². The third-order valence-electron chi connectivity index (χ3n) is 3.04. The molecule has 4 heteroatoms. The molecule has 0 heterocycles. The first kappa shape index (κ1) is 16.4. The van der Waals surface area contributed by atoms with E-state index in [9.17, 15) is 4.79 Å². The van der Waals surface area contributed by atoms with Crippen LogP contribution in [0.15, 0.2) is 0 Å². The van der Waals surface area contributed by atoms with Crippen LogP contribution in [0.1, 0.15) is 46.0 Å². The van der Waals surface area contributed by atoms with Crippen LogP contribution in [-0.2, 0) is 9.53 Å². The SMILES string of the molecule is CCC(CC)N(CCOC)C(=O)CCCCO. The van der Waals surface area contributed by atoms with Gasteiger partial charge in [0, 0.05) is 32.7 Å². The van der Waals surface area contributed by atoms with E-state index in [1.54, 1.807) is 7.11 Å². The molecule has 0 aliphatic carbocycles. The van der Waals surface area contributed by atoms with E-state index in [0.717, 1.165) is 19.3 Å². The predicted molar refractivity (Wildman–Crippen MR) is 68.9 cm³/mol. The van der Waals surface area contributed by atoms with Crippen molar-refractivity contribution in [2.45, 2.75) is 52.0 Å². The van der Waals surface area contributed by atoms with Crippen molar-refractivity contribution in [1.29, 1.82) is 0 Å². The lowest BCUT2D eigenvalue weighted by Gasteiger charge is -2.30. The largest absolute Gasteiger partial charge is 0.396 e. The third-order valence-corrected chi connectivity index (χ3v) is 3.04. The van der Waals surface area contributed by atoms with Crippen LogP contribution < -0.4 is 0 Å². The molecule has 0 saturated heterocycles. The van der Waals surface area contributed by atoms with Gasteiger partial charge in [0.2, 0.25) is 5.91 Å². The number of amides is 1. The highest BCUT2D eigenvalue weighted by molar-refractivity contribution is 5.76. The van der Waals surface area contributed by atoms with Crippen LogP contribution in [0.2, 0.25) is 0 Å². The van der Waals surface area contributed by atoms with Crippen LogP contribution in [0.4, 0.5) is 0 Å². The third kappa shape index (κ3) is 6.64. The molecule has 0 fully saturated rings. The summed E-state index contributed by atoms with van der Waals surface area (Å²) in [7, 11) is 1.65. The summed E-state index contributed by atoms with van der Waals surface area (Å²) >= 11 is 0. The lowest BCUT2D eigenvalue weighted by Crippen LogP contribution is -2.41. The van der Waals surface area contributed by atoms with E-state index in [-0.39, 0.29) is 12.5 Å². The monoisotopic (exact) mass is 245 g/mol. The molecule has 0 radical (unpaired) electrons. The van der Waals surface area contributed by atoms with Crippen LogP contribution >= 0.6 is 0 Å². The molecule has 0 aromatic carbocycles. The second kappa shape index (κ2) is 10.5. The average molecular weight is 245 g/mol. The van der Waals surface area contributed by atoms with Crippen LogP contribution in [0, 0.1) is 0 Å². The van der Waals surface area contributed by atoms with Gasteiger partial charge in [-0.05, 0) is 25.7 Å². The maximum Gasteiger partial charge on any atom is 0.222 e. The Hall–Kier alpha value is -0.610. The van der Waals surface area contributed by atoms with Gasteiger partial charge in [-0.1, -0.05) is 13.8 Å². The van der Waals surface area contributed by atoms with E-state index in [1.807, 2.05) is 4.90 Å². The Bertz CT molecular complexity index is 193. The number of aliphatic hydroxyl groups excluding tert-OH is 1. The Kier molecular flexibility index (Phi) is 10.2. The minimum atomic E-state index is 0.163. The Labute approximate surface area is 105 Å². The van der Waals surface area contributed by atoms with Crippen LogP contribution in [0.3, 0.4) is 0 Å². The lowest BCUT2D eigenvalue weighted by molar-refractivity contribution is -0.134. The molecule has 17 heavy (non-hydrogen) atoms. The van der Waals surface area contributed by atoms with E-state index >= 15 is 0 Å². The van der Waals surface area contributed by atoms with Gasteiger partial charge in [-0.3, -0.25) is 4.79 Å². The Balaban J connectivity index is 4.27. The average Bonchev–Trinajstić information content (AvgIpc) is 2.34. The van der Waals surface area contributed by atoms with Gasteiger partial charge in [-0.15, -0.1) is 0 Å². The Morgan fingerprint density at radius 2 is 1.94 bits per heavy atom. The van der Waals surface area contributed by atoms with E-state index in [2.05, 4.69) is 13.8 Å². The standard InChI is InChI=1S/C13H27NO3/c1-4-12(5-2)14(9-11-17-3)13(16)8-6-7-10-15/h12,15H,4-11H2,1-3H3. The second-order valence-corrected chi connectivity index (χ2v) is 4.23. The zero-order valence-corrected chi connectivity index (χ0v) is 11.4. The fraction of sp³-hybridized carbons (Fsp3) is 0.923. The number of methoxy groups -OCH3 is 1. The zero-order chi connectivity index (χ0) is 13.1.